The summed E-state index contributed by atoms with van der Waals surface area (Å²) in [6.07, 6.45) is 1.64. The summed E-state index contributed by atoms with van der Waals surface area (Å²) in [6, 6.07) is 3.65. The Labute approximate surface area is 102 Å². The van der Waals surface area contributed by atoms with Crippen LogP contribution in [-0.2, 0) is 6.54 Å². The molecule has 2 aromatic heterocycles. The van der Waals surface area contributed by atoms with E-state index in [2.05, 4.69) is 15.3 Å². The van der Waals surface area contributed by atoms with E-state index in [1.54, 1.807) is 30.3 Å². The first-order valence-corrected chi connectivity index (χ1v) is 5.90. The van der Waals surface area contributed by atoms with Crippen molar-refractivity contribution in [1.29, 1.82) is 0 Å². The Bertz CT molecular complexity index is 499. The minimum absolute atomic E-state index is 0.197. The first kappa shape index (κ1) is 11.5. The molecule has 88 valence electrons. The Morgan fingerprint density at radius 3 is 3.12 bits per heavy atom. The number of nitrogens with zero attached hydrogens (tertiary/aromatic N) is 2. The zero-order valence-corrected chi connectivity index (χ0v) is 10.0. The molecule has 0 fully saturated rings. The van der Waals surface area contributed by atoms with Crippen LogP contribution >= 0.6 is 11.3 Å². The standard InChI is InChI=1S/C11H11N3O2S/c1-16-11-8(3-2-4-12-11)5-13-10(15)9-6-17-7-14-9/h2-4,6-7H,5H2,1H3,(H,13,15). The van der Waals surface area contributed by atoms with Crippen LogP contribution < -0.4 is 10.1 Å². The van der Waals surface area contributed by atoms with Crippen molar-refractivity contribution in [2.24, 2.45) is 0 Å². The largest absolute Gasteiger partial charge is 0.481 e. The van der Waals surface area contributed by atoms with E-state index in [1.165, 1.54) is 11.3 Å². The number of aromatic nitrogens is 2. The maximum absolute atomic E-state index is 11.7. The highest BCUT2D eigenvalue weighted by Crippen LogP contribution is 2.13. The molecule has 0 unspecified atom stereocenters. The summed E-state index contributed by atoms with van der Waals surface area (Å²) in [5.74, 6) is 0.322. The van der Waals surface area contributed by atoms with Gasteiger partial charge in [0.05, 0.1) is 12.6 Å². The number of hydrogen-bond donors (Lipinski definition) is 1. The highest BCUT2D eigenvalue weighted by molar-refractivity contribution is 7.07. The van der Waals surface area contributed by atoms with E-state index in [9.17, 15) is 4.79 Å². The van der Waals surface area contributed by atoms with Gasteiger partial charge in [-0.1, -0.05) is 6.07 Å². The SMILES string of the molecule is COc1ncccc1CNC(=O)c1cscn1. The number of ether oxygens (including phenoxy) is 1. The number of pyridine rings is 1. The first-order chi connectivity index (χ1) is 8.31. The highest BCUT2D eigenvalue weighted by Gasteiger charge is 2.09. The summed E-state index contributed by atoms with van der Waals surface area (Å²) < 4.78 is 5.09. The van der Waals surface area contributed by atoms with Crippen LogP contribution in [0.25, 0.3) is 0 Å². The van der Waals surface area contributed by atoms with Crippen molar-refractivity contribution in [3.63, 3.8) is 0 Å². The molecule has 2 rings (SSSR count). The third-order valence-electron chi connectivity index (χ3n) is 2.15. The number of amides is 1. The van der Waals surface area contributed by atoms with Gasteiger partial charge < -0.3 is 10.1 Å². The molecule has 0 aliphatic carbocycles. The number of carbonyl (C=O) groups excluding carboxylic acids is 1. The number of rotatable bonds is 4. The lowest BCUT2D eigenvalue weighted by Gasteiger charge is -2.07. The van der Waals surface area contributed by atoms with Crippen LogP contribution in [0.3, 0.4) is 0 Å². The third-order valence-corrected chi connectivity index (χ3v) is 2.73. The molecule has 0 aliphatic rings. The molecule has 0 radical (unpaired) electrons. The fourth-order valence-corrected chi connectivity index (χ4v) is 1.87. The van der Waals surface area contributed by atoms with E-state index in [4.69, 9.17) is 4.74 Å². The molecule has 0 bridgehead atoms. The molecule has 0 aliphatic heterocycles. The summed E-state index contributed by atoms with van der Waals surface area (Å²) in [6.45, 7) is 0.368. The van der Waals surface area contributed by atoms with Crippen molar-refractivity contribution in [3.8, 4) is 5.88 Å². The van der Waals surface area contributed by atoms with E-state index in [0.717, 1.165) is 5.56 Å². The van der Waals surface area contributed by atoms with Gasteiger partial charge in [-0.3, -0.25) is 4.79 Å². The maximum atomic E-state index is 11.7. The van der Waals surface area contributed by atoms with Crippen LogP contribution in [0.4, 0.5) is 0 Å². The zero-order chi connectivity index (χ0) is 12.1. The average Bonchev–Trinajstić information content (AvgIpc) is 2.90. The number of methoxy groups -OCH3 is 1. The Hall–Kier alpha value is -1.95. The van der Waals surface area contributed by atoms with E-state index < -0.39 is 0 Å². The lowest BCUT2D eigenvalue weighted by molar-refractivity contribution is 0.0946. The lowest BCUT2D eigenvalue weighted by atomic mass is 10.2. The molecule has 0 saturated heterocycles. The topological polar surface area (TPSA) is 64.1 Å². The Balaban J connectivity index is 2.00. The fraction of sp³-hybridized carbons (Fsp3) is 0.182. The van der Waals surface area contributed by atoms with Crippen LogP contribution in [0.15, 0.2) is 29.2 Å². The van der Waals surface area contributed by atoms with Crippen molar-refractivity contribution >= 4 is 17.2 Å². The first-order valence-electron chi connectivity index (χ1n) is 4.95. The van der Waals surface area contributed by atoms with Crippen LogP contribution in [0.1, 0.15) is 16.1 Å². The number of nitrogens with one attached hydrogen (secondary N) is 1. The van der Waals surface area contributed by atoms with Crippen LogP contribution in [0, 0.1) is 0 Å². The van der Waals surface area contributed by atoms with Gasteiger partial charge >= 0.3 is 0 Å². The van der Waals surface area contributed by atoms with Crippen molar-refractivity contribution in [3.05, 3.63) is 40.5 Å². The molecule has 1 N–H and O–H groups in total. The number of hydrogen-bond acceptors (Lipinski definition) is 5. The van der Waals surface area contributed by atoms with E-state index in [-0.39, 0.29) is 5.91 Å². The molecule has 6 heteroatoms. The van der Waals surface area contributed by atoms with Gasteiger partial charge in [0.25, 0.3) is 5.91 Å². The summed E-state index contributed by atoms with van der Waals surface area (Å²) in [5.41, 5.74) is 2.89. The van der Waals surface area contributed by atoms with Crippen molar-refractivity contribution in [1.82, 2.24) is 15.3 Å². The van der Waals surface area contributed by atoms with E-state index in [1.807, 2.05) is 6.07 Å². The normalized spacial score (nSPS) is 9.94. The lowest BCUT2D eigenvalue weighted by Crippen LogP contribution is -2.23. The van der Waals surface area contributed by atoms with Gasteiger partial charge in [0.1, 0.15) is 5.69 Å². The summed E-state index contributed by atoms with van der Waals surface area (Å²) in [4.78, 5) is 19.6. The third kappa shape index (κ3) is 2.79. The molecule has 17 heavy (non-hydrogen) atoms. The quantitative estimate of drug-likeness (QED) is 0.891. The van der Waals surface area contributed by atoms with Crippen LogP contribution in [0.5, 0.6) is 5.88 Å². The van der Waals surface area contributed by atoms with Gasteiger partial charge in [-0.2, -0.15) is 0 Å². The fourth-order valence-electron chi connectivity index (χ4n) is 1.33. The van der Waals surface area contributed by atoms with Gasteiger partial charge in [0.15, 0.2) is 0 Å². The highest BCUT2D eigenvalue weighted by atomic mass is 32.1. The van der Waals surface area contributed by atoms with E-state index in [0.29, 0.717) is 18.1 Å². The van der Waals surface area contributed by atoms with Crippen molar-refractivity contribution < 1.29 is 9.53 Å². The van der Waals surface area contributed by atoms with E-state index >= 15 is 0 Å². The predicted molar refractivity (Wildman–Crippen MR) is 64.1 cm³/mol. The molecule has 2 aromatic rings. The molecule has 2 heterocycles. The maximum Gasteiger partial charge on any atom is 0.271 e. The second-order valence-corrected chi connectivity index (χ2v) is 3.95. The smallest absolute Gasteiger partial charge is 0.271 e. The summed E-state index contributed by atoms with van der Waals surface area (Å²) in [5, 5.41) is 4.47. The Kier molecular flexibility index (Phi) is 3.66. The van der Waals surface area contributed by atoms with Gasteiger partial charge in [0.2, 0.25) is 5.88 Å². The molecule has 5 nitrogen and oxygen atoms in total. The van der Waals surface area contributed by atoms with Crippen LogP contribution in [0.2, 0.25) is 0 Å². The Morgan fingerprint density at radius 1 is 1.53 bits per heavy atom. The molecule has 0 atom stereocenters. The van der Waals surface area contributed by atoms with Gasteiger partial charge in [-0.15, -0.1) is 11.3 Å². The molecular formula is C11H11N3O2S. The van der Waals surface area contributed by atoms with Crippen molar-refractivity contribution in [2.45, 2.75) is 6.54 Å². The minimum atomic E-state index is -0.197. The summed E-state index contributed by atoms with van der Waals surface area (Å²) in [7, 11) is 1.55. The molecule has 0 spiro atoms. The second-order valence-electron chi connectivity index (χ2n) is 3.23. The molecule has 1 amide bonds. The molecular weight excluding hydrogens is 238 g/mol. The predicted octanol–water partition coefficient (Wildman–Crippen LogP) is 1.48. The Morgan fingerprint density at radius 2 is 2.41 bits per heavy atom. The number of carbonyl (C=O) groups is 1. The minimum Gasteiger partial charge on any atom is -0.481 e. The van der Waals surface area contributed by atoms with Gasteiger partial charge in [0, 0.05) is 23.7 Å². The van der Waals surface area contributed by atoms with Crippen LogP contribution in [-0.4, -0.2) is 23.0 Å². The van der Waals surface area contributed by atoms with Crippen molar-refractivity contribution in [2.75, 3.05) is 7.11 Å². The van der Waals surface area contributed by atoms with Gasteiger partial charge in [-0.25, -0.2) is 9.97 Å². The molecule has 0 saturated carbocycles. The summed E-state index contributed by atoms with van der Waals surface area (Å²) >= 11 is 1.39. The molecule has 0 aromatic carbocycles. The number of thiazole rings is 1. The van der Waals surface area contributed by atoms with Gasteiger partial charge in [-0.05, 0) is 6.07 Å². The zero-order valence-electron chi connectivity index (χ0n) is 9.21. The monoisotopic (exact) mass is 249 g/mol. The second kappa shape index (κ2) is 5.40. The average molecular weight is 249 g/mol.